The Morgan fingerprint density at radius 3 is 2.88 bits per heavy atom. The van der Waals surface area contributed by atoms with Crippen LogP contribution in [0.2, 0.25) is 0 Å². The number of nitrogens with two attached hydrogens (primary N) is 1. The average Bonchev–Trinajstić information content (AvgIpc) is 3.05. The SMILES string of the molecule is Cc1ccc(N)cc1C(=O)N(Cc1ccsc1)C1CC12CCNCC2. The van der Waals surface area contributed by atoms with Gasteiger partial charge in [0.25, 0.3) is 5.91 Å². The molecule has 0 bridgehead atoms. The number of nitrogens with one attached hydrogen (secondary N) is 1. The van der Waals surface area contributed by atoms with E-state index in [1.165, 1.54) is 18.4 Å². The van der Waals surface area contributed by atoms with Crippen molar-refractivity contribution < 1.29 is 4.79 Å². The van der Waals surface area contributed by atoms with Gasteiger partial charge < -0.3 is 16.0 Å². The summed E-state index contributed by atoms with van der Waals surface area (Å²) in [4.78, 5) is 15.5. The van der Waals surface area contributed by atoms with Crippen LogP contribution in [0.3, 0.4) is 0 Å². The predicted octanol–water partition coefficient (Wildman–Crippen LogP) is 3.42. The summed E-state index contributed by atoms with van der Waals surface area (Å²) < 4.78 is 0. The minimum Gasteiger partial charge on any atom is -0.399 e. The van der Waals surface area contributed by atoms with E-state index >= 15 is 0 Å². The van der Waals surface area contributed by atoms with Gasteiger partial charge in [0.15, 0.2) is 0 Å². The van der Waals surface area contributed by atoms with Gasteiger partial charge in [-0.15, -0.1) is 0 Å². The van der Waals surface area contributed by atoms with Crippen molar-refractivity contribution in [2.75, 3.05) is 18.8 Å². The van der Waals surface area contributed by atoms with Crippen LogP contribution in [0, 0.1) is 12.3 Å². The second kappa shape index (κ2) is 6.46. The van der Waals surface area contributed by atoms with E-state index in [0.29, 0.717) is 23.7 Å². The van der Waals surface area contributed by atoms with Crippen molar-refractivity contribution in [1.82, 2.24) is 10.2 Å². The molecule has 2 aromatic rings. The fourth-order valence-corrected chi connectivity index (χ4v) is 4.82. The van der Waals surface area contributed by atoms with Crippen molar-refractivity contribution in [3.8, 4) is 0 Å². The number of nitrogens with zero attached hydrogens (tertiary/aromatic N) is 1. The molecule has 1 saturated heterocycles. The lowest BCUT2D eigenvalue weighted by molar-refractivity contribution is 0.0691. The van der Waals surface area contributed by atoms with Gasteiger partial charge >= 0.3 is 0 Å². The third-order valence-electron chi connectivity index (χ3n) is 5.81. The molecule has 1 saturated carbocycles. The van der Waals surface area contributed by atoms with Crippen LogP contribution in [-0.4, -0.2) is 29.9 Å². The van der Waals surface area contributed by atoms with Crippen LogP contribution in [0.4, 0.5) is 5.69 Å². The number of amides is 1. The lowest BCUT2D eigenvalue weighted by Gasteiger charge is -2.30. The highest BCUT2D eigenvalue weighted by Gasteiger charge is 2.57. The lowest BCUT2D eigenvalue weighted by Crippen LogP contribution is -2.39. The number of rotatable bonds is 4. The van der Waals surface area contributed by atoms with E-state index in [9.17, 15) is 4.79 Å². The molecule has 4 nitrogen and oxygen atoms in total. The van der Waals surface area contributed by atoms with E-state index in [4.69, 9.17) is 5.73 Å². The van der Waals surface area contributed by atoms with Gasteiger partial charge in [0, 0.05) is 23.8 Å². The topological polar surface area (TPSA) is 58.4 Å². The first-order chi connectivity index (χ1) is 12.1. The number of benzene rings is 1. The van der Waals surface area contributed by atoms with Crippen LogP contribution >= 0.6 is 11.3 Å². The van der Waals surface area contributed by atoms with Crippen LogP contribution in [0.1, 0.15) is 40.7 Å². The number of carbonyl (C=O) groups excluding carboxylic acids is 1. The first kappa shape index (κ1) is 16.6. The molecule has 3 N–H and O–H groups in total. The van der Waals surface area contributed by atoms with E-state index in [1.807, 2.05) is 25.1 Å². The summed E-state index contributed by atoms with van der Waals surface area (Å²) in [6.45, 7) is 4.81. The molecule has 1 aromatic heterocycles. The second-order valence-corrected chi connectivity index (χ2v) is 8.25. The zero-order valence-corrected chi connectivity index (χ0v) is 15.4. The Bertz CT molecular complexity index is 765. The summed E-state index contributed by atoms with van der Waals surface area (Å²) in [5, 5.41) is 7.67. The van der Waals surface area contributed by atoms with E-state index in [0.717, 1.165) is 30.6 Å². The minimum atomic E-state index is 0.122. The molecule has 132 valence electrons. The number of aryl methyl sites for hydroxylation is 1. The number of nitrogen functional groups attached to an aromatic ring is 1. The monoisotopic (exact) mass is 355 g/mol. The fourth-order valence-electron chi connectivity index (χ4n) is 4.16. The molecule has 0 radical (unpaired) electrons. The van der Waals surface area contributed by atoms with Crippen LogP contribution in [0.15, 0.2) is 35.0 Å². The molecule has 25 heavy (non-hydrogen) atoms. The molecule has 1 spiro atoms. The summed E-state index contributed by atoms with van der Waals surface area (Å²) >= 11 is 1.69. The summed E-state index contributed by atoms with van der Waals surface area (Å²) in [5.41, 5.74) is 9.88. The van der Waals surface area contributed by atoms with E-state index in [-0.39, 0.29) is 5.91 Å². The Hall–Kier alpha value is -1.85. The number of hydrogen-bond donors (Lipinski definition) is 2. The van der Waals surface area contributed by atoms with Crippen LogP contribution in [0.5, 0.6) is 0 Å². The third kappa shape index (κ3) is 3.18. The van der Waals surface area contributed by atoms with Gasteiger partial charge in [0.1, 0.15) is 0 Å². The number of anilines is 1. The van der Waals surface area contributed by atoms with Gasteiger partial charge in [-0.25, -0.2) is 0 Å². The van der Waals surface area contributed by atoms with E-state index in [2.05, 4.69) is 27.0 Å². The molecule has 2 fully saturated rings. The molecule has 2 heterocycles. The Morgan fingerprint density at radius 2 is 2.16 bits per heavy atom. The van der Waals surface area contributed by atoms with Gasteiger partial charge in [0.05, 0.1) is 0 Å². The maximum absolute atomic E-state index is 13.4. The first-order valence-electron chi connectivity index (χ1n) is 8.98. The van der Waals surface area contributed by atoms with Crippen molar-refractivity contribution in [2.45, 2.75) is 38.8 Å². The Balaban J connectivity index is 1.63. The van der Waals surface area contributed by atoms with Crippen LogP contribution in [-0.2, 0) is 6.54 Å². The normalized spacial score (nSPS) is 21.2. The predicted molar refractivity (Wildman–Crippen MR) is 103 cm³/mol. The highest BCUT2D eigenvalue weighted by Crippen LogP contribution is 2.56. The number of thiophene rings is 1. The standard InChI is InChI=1S/C20H25N3OS/c1-14-2-3-16(21)10-17(14)19(24)23(12-15-4-9-25-13-15)18-11-20(18)5-7-22-8-6-20/h2-4,9-10,13,18,22H,5-8,11-12,21H2,1H3. The van der Waals surface area contributed by atoms with Crippen molar-refractivity contribution in [3.63, 3.8) is 0 Å². The van der Waals surface area contributed by atoms with Crippen molar-refractivity contribution in [2.24, 2.45) is 5.41 Å². The van der Waals surface area contributed by atoms with Crippen molar-refractivity contribution >= 4 is 22.9 Å². The largest absolute Gasteiger partial charge is 0.399 e. The van der Waals surface area contributed by atoms with Gasteiger partial charge in [0.2, 0.25) is 0 Å². The maximum atomic E-state index is 13.4. The fraction of sp³-hybridized carbons (Fsp3) is 0.450. The van der Waals surface area contributed by atoms with Gasteiger partial charge in [-0.1, -0.05) is 6.07 Å². The Labute approximate surface area is 153 Å². The first-order valence-corrected chi connectivity index (χ1v) is 9.92. The van der Waals surface area contributed by atoms with Crippen molar-refractivity contribution in [1.29, 1.82) is 0 Å². The zero-order chi connectivity index (χ0) is 17.4. The molecular weight excluding hydrogens is 330 g/mol. The number of piperidine rings is 1. The third-order valence-corrected chi connectivity index (χ3v) is 6.54. The zero-order valence-electron chi connectivity index (χ0n) is 14.6. The van der Waals surface area contributed by atoms with Gasteiger partial charge in [-0.2, -0.15) is 11.3 Å². The summed E-state index contributed by atoms with van der Waals surface area (Å²) in [5.74, 6) is 0.122. The molecule has 4 rings (SSSR count). The van der Waals surface area contributed by atoms with Crippen LogP contribution in [0.25, 0.3) is 0 Å². The average molecular weight is 356 g/mol. The number of carbonyl (C=O) groups is 1. The highest BCUT2D eigenvalue weighted by molar-refractivity contribution is 7.07. The molecule has 1 aliphatic carbocycles. The Morgan fingerprint density at radius 1 is 1.36 bits per heavy atom. The number of hydrogen-bond acceptors (Lipinski definition) is 4. The highest BCUT2D eigenvalue weighted by atomic mass is 32.1. The minimum absolute atomic E-state index is 0.122. The molecular formula is C20H25N3OS. The van der Waals surface area contributed by atoms with Gasteiger partial charge in [-0.05, 0) is 84.8 Å². The Kier molecular flexibility index (Phi) is 4.29. The smallest absolute Gasteiger partial charge is 0.254 e. The second-order valence-electron chi connectivity index (χ2n) is 7.47. The molecule has 5 heteroatoms. The summed E-state index contributed by atoms with van der Waals surface area (Å²) in [7, 11) is 0. The summed E-state index contributed by atoms with van der Waals surface area (Å²) in [6.07, 6.45) is 3.47. The maximum Gasteiger partial charge on any atom is 0.254 e. The molecule has 1 aliphatic heterocycles. The van der Waals surface area contributed by atoms with E-state index < -0.39 is 0 Å². The molecule has 2 aliphatic rings. The van der Waals surface area contributed by atoms with Gasteiger partial charge in [-0.3, -0.25) is 4.79 Å². The van der Waals surface area contributed by atoms with Crippen molar-refractivity contribution in [3.05, 3.63) is 51.7 Å². The lowest BCUT2D eigenvalue weighted by atomic mass is 9.93. The molecule has 1 atom stereocenters. The quantitative estimate of drug-likeness (QED) is 0.826. The van der Waals surface area contributed by atoms with E-state index in [1.54, 1.807) is 11.3 Å². The summed E-state index contributed by atoms with van der Waals surface area (Å²) in [6, 6.07) is 8.10. The molecule has 1 aromatic carbocycles. The van der Waals surface area contributed by atoms with Crippen LogP contribution < -0.4 is 11.1 Å². The molecule has 1 unspecified atom stereocenters. The molecule has 1 amide bonds.